The van der Waals surface area contributed by atoms with Crippen LogP contribution in [-0.2, 0) is 16.0 Å². The van der Waals surface area contributed by atoms with Gasteiger partial charge in [0.1, 0.15) is 18.3 Å². The minimum Gasteiger partial charge on any atom is -0.480 e. The van der Waals surface area contributed by atoms with E-state index in [0.29, 0.717) is 16.8 Å². The van der Waals surface area contributed by atoms with Crippen molar-refractivity contribution in [1.29, 1.82) is 0 Å². The third-order valence-corrected chi connectivity index (χ3v) is 7.49. The number of amides is 1. The number of rotatable bonds is 12. The number of hydrogen-bond acceptors (Lipinski definition) is 10. The first-order chi connectivity index (χ1) is 24.2. The van der Waals surface area contributed by atoms with E-state index in [1.165, 1.54) is 59.4 Å². The summed E-state index contributed by atoms with van der Waals surface area (Å²) in [6.45, 7) is 1.06. The molecule has 2 heterocycles. The van der Waals surface area contributed by atoms with Crippen LogP contribution in [-0.4, -0.2) is 61.5 Å². The van der Waals surface area contributed by atoms with Gasteiger partial charge in [0.25, 0.3) is 5.91 Å². The van der Waals surface area contributed by atoms with Crippen molar-refractivity contribution in [2.45, 2.75) is 31.7 Å². The molecule has 0 spiro atoms. The van der Waals surface area contributed by atoms with Gasteiger partial charge >= 0.3 is 18.1 Å². The molecule has 0 bridgehead atoms. The quantitative estimate of drug-likeness (QED) is 0.101. The number of carboxylic acids is 1. The highest BCUT2D eigenvalue weighted by Crippen LogP contribution is 2.40. The normalized spacial score (nSPS) is 12.5. The number of aromatic nitrogens is 4. The first-order valence-corrected chi connectivity index (χ1v) is 15.4. The molecule has 1 unspecified atom stereocenters. The van der Waals surface area contributed by atoms with Crippen molar-refractivity contribution in [2.75, 3.05) is 12.3 Å². The molecule has 2 aromatic heterocycles. The van der Waals surface area contributed by atoms with Gasteiger partial charge in [-0.05, 0) is 49.2 Å². The Morgan fingerprint density at radius 2 is 1.75 bits per heavy atom. The number of carbonyl (C=O) groups is 3. The molecule has 5 aromatic rings. The summed E-state index contributed by atoms with van der Waals surface area (Å²) in [5.41, 5.74) is 13.5. The van der Waals surface area contributed by atoms with Crippen LogP contribution in [0.15, 0.2) is 85.1 Å². The van der Waals surface area contributed by atoms with Gasteiger partial charge in [0.05, 0.1) is 22.6 Å². The average Bonchev–Trinajstić information content (AvgIpc) is 3.52. The Hall–Kier alpha value is -6.00. The maximum absolute atomic E-state index is 14.5. The zero-order valence-electron chi connectivity index (χ0n) is 26.6. The number of alkyl halides is 3. The second kappa shape index (κ2) is 15.3. The first kappa shape index (κ1) is 36.3. The number of benzene rings is 3. The molecule has 0 radical (unpaired) electrons. The predicted octanol–water partition coefficient (Wildman–Crippen LogP) is 4.85. The molecule has 0 fully saturated rings. The maximum Gasteiger partial charge on any atom is 0.429 e. The van der Waals surface area contributed by atoms with E-state index in [9.17, 15) is 27.6 Å². The highest BCUT2D eigenvalue weighted by atomic mass is 35.5. The monoisotopic (exact) mass is 723 g/mol. The summed E-state index contributed by atoms with van der Waals surface area (Å²) in [7, 11) is 0. The summed E-state index contributed by atoms with van der Waals surface area (Å²) >= 11 is 6.12. The molecule has 0 saturated carbocycles. The zero-order chi connectivity index (χ0) is 36.9. The Balaban J connectivity index is 1.31. The van der Waals surface area contributed by atoms with Crippen molar-refractivity contribution in [1.82, 2.24) is 25.1 Å². The van der Waals surface area contributed by atoms with E-state index in [-0.39, 0.29) is 45.6 Å². The van der Waals surface area contributed by atoms with E-state index < -0.39 is 48.6 Å². The predicted molar refractivity (Wildman–Crippen MR) is 178 cm³/mol. The van der Waals surface area contributed by atoms with Crippen molar-refractivity contribution < 1.29 is 42.1 Å². The van der Waals surface area contributed by atoms with Crippen LogP contribution >= 0.6 is 11.6 Å². The molecular formula is C34H29ClF3N7O6. The van der Waals surface area contributed by atoms with E-state index in [0.717, 1.165) is 0 Å². The van der Waals surface area contributed by atoms with Crippen LogP contribution in [0.25, 0.3) is 16.9 Å². The Morgan fingerprint density at radius 3 is 2.41 bits per heavy atom. The van der Waals surface area contributed by atoms with Gasteiger partial charge in [0.2, 0.25) is 17.9 Å². The Bertz CT molecular complexity index is 2070. The fourth-order valence-corrected chi connectivity index (χ4v) is 5.06. The number of carboxylic acid groups (broad SMARTS) is 1. The molecule has 0 aliphatic heterocycles. The second-order valence-electron chi connectivity index (χ2n) is 11.1. The summed E-state index contributed by atoms with van der Waals surface area (Å²) in [4.78, 5) is 44.0. The van der Waals surface area contributed by atoms with Gasteiger partial charge in [-0.3, -0.25) is 9.59 Å². The zero-order valence-corrected chi connectivity index (χ0v) is 27.4. The fourth-order valence-electron chi connectivity index (χ4n) is 4.89. The van der Waals surface area contributed by atoms with Gasteiger partial charge in [0, 0.05) is 28.4 Å². The number of halogens is 4. The minimum atomic E-state index is -4.89. The molecule has 1 amide bonds. The standard InChI is InChI=1S/C34H29ClF3N7O6/c1-18-12-13-45(44-18)26-15-21(35)10-11-22(26)30(34(36,37)38)51-28-16-25(42-33(40)43-28)20-8-6-19(7-9-20)14-24(39)32(49)50-27-5-3-2-4-23(27)31(48)41-17-29(46)47/h2-13,15-16,24,30H,14,17,39H2,1H3,(H,41,48)(H,46,47)(H2,40,42,43)/t24?,30-/m1/s1. The second-order valence-corrected chi connectivity index (χ2v) is 11.5. The Labute approximate surface area is 293 Å². The van der Waals surface area contributed by atoms with Gasteiger partial charge in [0.15, 0.2) is 0 Å². The van der Waals surface area contributed by atoms with Crippen LogP contribution < -0.4 is 26.3 Å². The molecule has 0 aliphatic rings. The van der Waals surface area contributed by atoms with Crippen molar-refractivity contribution in [2.24, 2.45) is 5.73 Å². The van der Waals surface area contributed by atoms with Crippen LogP contribution in [0.2, 0.25) is 5.02 Å². The largest absolute Gasteiger partial charge is 0.480 e. The van der Waals surface area contributed by atoms with Gasteiger partial charge < -0.3 is 31.4 Å². The summed E-state index contributed by atoms with van der Waals surface area (Å²) in [5.74, 6) is -3.74. The summed E-state index contributed by atoms with van der Waals surface area (Å²) in [6, 6.07) is 17.8. The number of anilines is 1. The van der Waals surface area contributed by atoms with E-state index in [1.807, 2.05) is 0 Å². The summed E-state index contributed by atoms with van der Waals surface area (Å²) in [5, 5.41) is 15.4. The van der Waals surface area contributed by atoms with E-state index in [2.05, 4.69) is 20.4 Å². The van der Waals surface area contributed by atoms with Crippen LogP contribution in [0.5, 0.6) is 11.6 Å². The van der Waals surface area contributed by atoms with E-state index in [4.69, 9.17) is 37.6 Å². The third kappa shape index (κ3) is 9.17. The van der Waals surface area contributed by atoms with Crippen LogP contribution in [0.4, 0.5) is 19.1 Å². The van der Waals surface area contributed by atoms with Crippen molar-refractivity contribution in [3.63, 3.8) is 0 Å². The molecule has 13 nitrogen and oxygen atoms in total. The van der Waals surface area contributed by atoms with Crippen molar-refractivity contribution in [3.8, 4) is 28.6 Å². The summed E-state index contributed by atoms with van der Waals surface area (Å²) < 4.78 is 55.6. The van der Waals surface area contributed by atoms with Crippen LogP contribution in [0, 0.1) is 6.92 Å². The number of nitrogens with one attached hydrogen (secondary N) is 1. The third-order valence-electron chi connectivity index (χ3n) is 7.25. The van der Waals surface area contributed by atoms with Gasteiger partial charge in [-0.25, -0.2) is 14.5 Å². The number of esters is 1. The molecule has 0 aliphatic carbocycles. The Kier molecular flexibility index (Phi) is 10.9. The minimum absolute atomic E-state index is 0.0131. The number of nitrogen functional groups attached to an aromatic ring is 1. The lowest BCUT2D eigenvalue weighted by molar-refractivity contribution is -0.198. The number of hydrogen-bond donors (Lipinski definition) is 4. The molecule has 3 aromatic carbocycles. The smallest absolute Gasteiger partial charge is 0.429 e. The highest BCUT2D eigenvalue weighted by Gasteiger charge is 2.45. The lowest BCUT2D eigenvalue weighted by Gasteiger charge is -2.24. The van der Waals surface area contributed by atoms with Gasteiger partial charge in [-0.1, -0.05) is 54.1 Å². The SMILES string of the molecule is Cc1ccn(-c2cc(Cl)ccc2[C@@H](Oc2cc(-c3ccc(CC(N)C(=O)Oc4ccccc4C(=O)NCC(=O)O)cc3)nc(N)n2)C(F)(F)F)n1. The number of aryl methyl sites for hydroxylation is 1. The number of aliphatic carboxylic acids is 1. The topological polar surface area (TPSA) is 198 Å². The number of nitrogens with zero attached hydrogens (tertiary/aromatic N) is 4. The van der Waals surface area contributed by atoms with Gasteiger partial charge in [-0.2, -0.15) is 23.3 Å². The number of ether oxygens (including phenoxy) is 2. The molecule has 17 heteroatoms. The highest BCUT2D eigenvalue weighted by molar-refractivity contribution is 6.30. The fraction of sp³-hybridized carbons (Fsp3) is 0.176. The van der Waals surface area contributed by atoms with E-state index in [1.54, 1.807) is 37.3 Å². The molecule has 51 heavy (non-hydrogen) atoms. The molecular weight excluding hydrogens is 695 g/mol. The number of nitrogens with two attached hydrogens (primary N) is 2. The molecule has 6 N–H and O–H groups in total. The molecule has 264 valence electrons. The number of para-hydroxylation sites is 1. The lowest BCUT2D eigenvalue weighted by atomic mass is 10.0. The lowest BCUT2D eigenvalue weighted by Crippen LogP contribution is -2.37. The van der Waals surface area contributed by atoms with Crippen LogP contribution in [0.3, 0.4) is 0 Å². The van der Waals surface area contributed by atoms with Crippen molar-refractivity contribution >= 4 is 35.4 Å². The molecule has 0 saturated heterocycles. The maximum atomic E-state index is 14.5. The summed E-state index contributed by atoms with van der Waals surface area (Å²) in [6.07, 6.45) is -5.85. The van der Waals surface area contributed by atoms with Gasteiger partial charge in [-0.15, -0.1) is 0 Å². The Morgan fingerprint density at radius 1 is 1.02 bits per heavy atom. The number of carbonyl (C=O) groups excluding carboxylic acids is 2. The van der Waals surface area contributed by atoms with Crippen LogP contribution in [0.1, 0.15) is 33.3 Å². The average molecular weight is 724 g/mol. The molecule has 2 atom stereocenters. The molecule has 5 rings (SSSR count). The van der Waals surface area contributed by atoms with E-state index >= 15 is 0 Å². The van der Waals surface area contributed by atoms with Crippen molar-refractivity contribution in [3.05, 3.63) is 112 Å². The first-order valence-electron chi connectivity index (χ1n) is 15.0.